The van der Waals surface area contributed by atoms with Crippen molar-refractivity contribution >= 4 is 11.7 Å². The molecule has 0 bridgehead atoms. The fourth-order valence-electron chi connectivity index (χ4n) is 3.68. The molecule has 5 nitrogen and oxygen atoms in total. The van der Waals surface area contributed by atoms with Gasteiger partial charge in [0.25, 0.3) is 0 Å². The molecule has 2 aliphatic rings. The molecule has 1 aromatic rings. The maximum atomic E-state index is 12.1. The average Bonchev–Trinajstić information content (AvgIpc) is 3.04. The van der Waals surface area contributed by atoms with Crippen LogP contribution in [0.4, 0.5) is 5.69 Å². The zero-order valence-electron chi connectivity index (χ0n) is 14.2. The van der Waals surface area contributed by atoms with Crippen LogP contribution >= 0.6 is 0 Å². The van der Waals surface area contributed by atoms with Gasteiger partial charge in [-0.3, -0.25) is 4.90 Å². The molecule has 0 aromatic heterocycles. The largest absolute Gasteiger partial charge is 0.465 e. The van der Waals surface area contributed by atoms with Crippen LogP contribution in [0.3, 0.4) is 0 Å². The molecule has 0 radical (unpaired) electrons. The number of hydrogen-bond acceptors (Lipinski definition) is 5. The number of piperazine rings is 1. The highest BCUT2D eigenvalue weighted by Gasteiger charge is 2.30. The molecule has 2 aliphatic heterocycles. The molecule has 1 unspecified atom stereocenters. The van der Waals surface area contributed by atoms with Crippen LogP contribution in [0.5, 0.6) is 0 Å². The molecular weight excluding hydrogens is 290 g/mol. The van der Waals surface area contributed by atoms with Crippen LogP contribution < -0.4 is 4.90 Å². The van der Waals surface area contributed by atoms with Gasteiger partial charge in [-0.2, -0.15) is 0 Å². The molecular formula is C18H27N3O2. The molecule has 1 aromatic carbocycles. The lowest BCUT2D eigenvalue weighted by Gasteiger charge is -2.37. The van der Waals surface area contributed by atoms with Gasteiger partial charge >= 0.3 is 5.97 Å². The lowest BCUT2D eigenvalue weighted by atomic mass is 10.1. The first-order chi connectivity index (χ1) is 11.2. The van der Waals surface area contributed by atoms with Gasteiger partial charge in [-0.25, -0.2) is 4.79 Å². The smallest absolute Gasteiger partial charge is 0.339 e. The van der Waals surface area contributed by atoms with Crippen molar-refractivity contribution in [2.75, 3.05) is 58.3 Å². The van der Waals surface area contributed by atoms with Gasteiger partial charge in [0.15, 0.2) is 0 Å². The van der Waals surface area contributed by atoms with Crippen molar-refractivity contribution in [3.05, 3.63) is 29.8 Å². The monoisotopic (exact) mass is 317 g/mol. The van der Waals surface area contributed by atoms with Crippen molar-refractivity contribution in [2.45, 2.75) is 18.9 Å². The third-order valence-corrected chi connectivity index (χ3v) is 5.06. The number of methoxy groups -OCH3 is 1. The fourth-order valence-corrected chi connectivity index (χ4v) is 3.68. The van der Waals surface area contributed by atoms with Crippen LogP contribution in [0.1, 0.15) is 23.2 Å². The number of ether oxygens (including phenoxy) is 1. The molecule has 3 rings (SSSR count). The zero-order valence-corrected chi connectivity index (χ0v) is 14.2. The molecule has 1 atom stereocenters. The maximum absolute atomic E-state index is 12.1. The Kier molecular flexibility index (Phi) is 5.18. The van der Waals surface area contributed by atoms with Crippen LogP contribution in [-0.4, -0.2) is 75.2 Å². The van der Waals surface area contributed by atoms with Gasteiger partial charge < -0.3 is 14.5 Å². The number of carbonyl (C=O) groups excluding carboxylic acids is 1. The second-order valence-electron chi connectivity index (χ2n) is 6.60. The van der Waals surface area contributed by atoms with E-state index >= 15 is 0 Å². The van der Waals surface area contributed by atoms with Crippen molar-refractivity contribution in [3.8, 4) is 0 Å². The fraction of sp³-hybridized carbons (Fsp3) is 0.611. The summed E-state index contributed by atoms with van der Waals surface area (Å²) in [4.78, 5) is 19.4. The van der Waals surface area contributed by atoms with Gasteiger partial charge in [-0.15, -0.1) is 0 Å². The maximum Gasteiger partial charge on any atom is 0.339 e. The first-order valence-corrected chi connectivity index (χ1v) is 8.54. The molecule has 5 heteroatoms. The highest BCUT2D eigenvalue weighted by molar-refractivity contribution is 5.95. The normalized spacial score (nSPS) is 23.2. The summed E-state index contributed by atoms with van der Waals surface area (Å²) in [6.45, 7) is 6.67. The molecule has 0 saturated carbocycles. The van der Waals surface area contributed by atoms with Gasteiger partial charge in [0, 0.05) is 45.3 Å². The van der Waals surface area contributed by atoms with Crippen LogP contribution in [0.15, 0.2) is 24.3 Å². The second-order valence-corrected chi connectivity index (χ2v) is 6.60. The molecule has 2 fully saturated rings. The standard InChI is InChI=1S/C18H27N3O2/c1-19-10-12-20(13-11-19)14-15-6-5-9-21(15)17-8-4-3-7-16(17)18(22)23-2/h3-4,7-8,15H,5-6,9-14H2,1-2H3. The number of likely N-dealkylation sites (N-methyl/N-ethyl adjacent to an activating group) is 1. The van der Waals surface area contributed by atoms with Gasteiger partial charge in [0.2, 0.25) is 0 Å². The molecule has 0 N–H and O–H groups in total. The number of carbonyl (C=O) groups is 1. The molecule has 23 heavy (non-hydrogen) atoms. The van der Waals surface area contributed by atoms with Gasteiger partial charge in [-0.05, 0) is 32.0 Å². The number of hydrogen-bond donors (Lipinski definition) is 0. The predicted molar refractivity (Wildman–Crippen MR) is 92.1 cm³/mol. The average molecular weight is 317 g/mol. The van der Waals surface area contributed by atoms with E-state index in [9.17, 15) is 4.79 Å². The molecule has 2 saturated heterocycles. The minimum atomic E-state index is -0.245. The molecule has 0 spiro atoms. The van der Waals surface area contributed by atoms with E-state index in [0.717, 1.165) is 45.0 Å². The van der Waals surface area contributed by atoms with E-state index in [2.05, 4.69) is 27.8 Å². The molecule has 0 amide bonds. The van der Waals surface area contributed by atoms with E-state index in [4.69, 9.17) is 4.74 Å². The zero-order chi connectivity index (χ0) is 16.2. The van der Waals surface area contributed by atoms with Crippen LogP contribution in [0.2, 0.25) is 0 Å². The van der Waals surface area contributed by atoms with E-state index in [0.29, 0.717) is 11.6 Å². The van der Waals surface area contributed by atoms with E-state index in [-0.39, 0.29) is 5.97 Å². The predicted octanol–water partition coefficient (Wildman–Crippen LogP) is 1.69. The summed E-state index contributed by atoms with van der Waals surface area (Å²) in [6, 6.07) is 8.32. The lowest BCUT2D eigenvalue weighted by Crippen LogP contribution is -2.49. The summed E-state index contributed by atoms with van der Waals surface area (Å²) in [7, 11) is 3.64. The molecule has 2 heterocycles. The number of para-hydroxylation sites is 1. The van der Waals surface area contributed by atoms with Crippen molar-refractivity contribution in [2.24, 2.45) is 0 Å². The third kappa shape index (κ3) is 3.67. The minimum absolute atomic E-state index is 0.245. The van der Waals surface area contributed by atoms with Crippen LogP contribution in [0.25, 0.3) is 0 Å². The Balaban J connectivity index is 1.73. The Bertz CT molecular complexity index is 541. The van der Waals surface area contributed by atoms with Gasteiger partial charge in [0.05, 0.1) is 18.4 Å². The number of nitrogens with zero attached hydrogens (tertiary/aromatic N) is 3. The number of benzene rings is 1. The van der Waals surface area contributed by atoms with E-state index in [1.54, 1.807) is 0 Å². The number of anilines is 1. The Morgan fingerprint density at radius 2 is 1.91 bits per heavy atom. The Hall–Kier alpha value is -1.59. The van der Waals surface area contributed by atoms with Crippen molar-refractivity contribution < 1.29 is 9.53 Å². The first-order valence-electron chi connectivity index (χ1n) is 8.54. The van der Waals surface area contributed by atoms with E-state index in [1.807, 2.05) is 18.2 Å². The summed E-state index contributed by atoms with van der Waals surface area (Å²) in [5, 5.41) is 0. The third-order valence-electron chi connectivity index (χ3n) is 5.06. The minimum Gasteiger partial charge on any atom is -0.465 e. The van der Waals surface area contributed by atoms with Gasteiger partial charge in [0.1, 0.15) is 0 Å². The van der Waals surface area contributed by atoms with Gasteiger partial charge in [-0.1, -0.05) is 12.1 Å². The summed E-state index contributed by atoms with van der Waals surface area (Å²) < 4.78 is 4.95. The first kappa shape index (κ1) is 16.3. The number of esters is 1. The highest BCUT2D eigenvalue weighted by Crippen LogP contribution is 2.29. The van der Waals surface area contributed by atoms with Crippen molar-refractivity contribution in [1.29, 1.82) is 0 Å². The summed E-state index contributed by atoms with van der Waals surface area (Å²) in [5.74, 6) is -0.245. The van der Waals surface area contributed by atoms with Crippen LogP contribution in [-0.2, 0) is 4.74 Å². The summed E-state index contributed by atoms with van der Waals surface area (Å²) in [6.07, 6.45) is 2.38. The Morgan fingerprint density at radius 3 is 2.65 bits per heavy atom. The summed E-state index contributed by atoms with van der Waals surface area (Å²) >= 11 is 0. The Labute approximate surface area is 138 Å². The molecule has 126 valence electrons. The Morgan fingerprint density at radius 1 is 1.17 bits per heavy atom. The van der Waals surface area contributed by atoms with Crippen molar-refractivity contribution in [3.63, 3.8) is 0 Å². The SMILES string of the molecule is COC(=O)c1ccccc1N1CCCC1CN1CCN(C)CC1. The van der Waals surface area contributed by atoms with Crippen molar-refractivity contribution in [1.82, 2.24) is 9.80 Å². The van der Waals surface area contributed by atoms with E-state index in [1.165, 1.54) is 20.0 Å². The second kappa shape index (κ2) is 7.32. The highest BCUT2D eigenvalue weighted by atomic mass is 16.5. The number of rotatable bonds is 4. The molecule has 0 aliphatic carbocycles. The van der Waals surface area contributed by atoms with E-state index < -0.39 is 0 Å². The topological polar surface area (TPSA) is 36.0 Å². The quantitative estimate of drug-likeness (QED) is 0.790. The lowest BCUT2D eigenvalue weighted by molar-refractivity contribution is 0.0601. The van der Waals surface area contributed by atoms with Crippen LogP contribution in [0, 0.1) is 0 Å². The summed E-state index contributed by atoms with van der Waals surface area (Å²) in [5.41, 5.74) is 1.70.